The molecule has 0 aliphatic heterocycles. The van der Waals surface area contributed by atoms with Crippen LogP contribution in [-0.2, 0) is 0 Å². The minimum atomic E-state index is 1.22. The second kappa shape index (κ2) is 5.38. The molecule has 0 bridgehead atoms. The fourth-order valence-electron chi connectivity index (χ4n) is 1.99. The van der Waals surface area contributed by atoms with Gasteiger partial charge in [-0.15, -0.1) is 0 Å². The van der Waals surface area contributed by atoms with Gasteiger partial charge >= 0.3 is 0 Å². The lowest BCUT2D eigenvalue weighted by molar-refractivity contribution is 1.04. The first kappa shape index (κ1) is 14.5. The molecular weight excluding hydrogens is 224 g/mol. The van der Waals surface area contributed by atoms with Gasteiger partial charge in [0.1, 0.15) is 0 Å². The van der Waals surface area contributed by atoms with E-state index in [0.29, 0.717) is 0 Å². The lowest BCUT2D eigenvalue weighted by atomic mass is 10.1. The van der Waals surface area contributed by atoms with E-state index in [1.165, 1.54) is 22.7 Å². The van der Waals surface area contributed by atoms with Gasteiger partial charge in [-0.25, -0.2) is 0 Å². The Bertz CT molecular complexity index is 379. The highest BCUT2D eigenvalue weighted by Crippen LogP contribution is 2.40. The molecule has 0 saturated heterocycles. The minimum Gasteiger partial charge on any atom is -0.378 e. The molecule has 0 aliphatic rings. The molecule has 0 spiro atoms. The Morgan fingerprint density at radius 3 is 1.17 bits per heavy atom. The maximum atomic E-state index is 2.22. The average molecular weight is 250 g/mol. The summed E-state index contributed by atoms with van der Waals surface area (Å²) in [4.78, 5) is 8.63. The molecule has 0 aliphatic carbocycles. The van der Waals surface area contributed by atoms with Gasteiger partial charge in [0.25, 0.3) is 0 Å². The molecule has 1 aromatic carbocycles. The van der Waals surface area contributed by atoms with Gasteiger partial charge in [-0.1, -0.05) is 0 Å². The van der Waals surface area contributed by atoms with E-state index in [2.05, 4.69) is 88.1 Å². The summed E-state index contributed by atoms with van der Waals surface area (Å²) in [7, 11) is 16.7. The predicted octanol–water partition coefficient (Wildman–Crippen LogP) is 1.95. The van der Waals surface area contributed by atoms with Gasteiger partial charge in [0.2, 0.25) is 0 Å². The summed E-state index contributed by atoms with van der Waals surface area (Å²) in [6, 6.07) is 4.45. The Balaban J connectivity index is 3.55. The molecule has 0 N–H and O–H groups in total. The average Bonchev–Trinajstić information content (AvgIpc) is 2.26. The third kappa shape index (κ3) is 2.81. The van der Waals surface area contributed by atoms with E-state index in [4.69, 9.17) is 0 Å². The van der Waals surface area contributed by atoms with E-state index in [-0.39, 0.29) is 0 Å². The van der Waals surface area contributed by atoms with Gasteiger partial charge in [0.15, 0.2) is 0 Å². The molecule has 1 rings (SSSR count). The highest BCUT2D eigenvalue weighted by molar-refractivity contribution is 5.88. The van der Waals surface area contributed by atoms with Crippen molar-refractivity contribution in [2.45, 2.75) is 0 Å². The molecule has 1 aromatic rings. The monoisotopic (exact) mass is 250 g/mol. The van der Waals surface area contributed by atoms with Gasteiger partial charge in [0, 0.05) is 62.1 Å². The van der Waals surface area contributed by atoms with Crippen LogP contribution in [0.2, 0.25) is 0 Å². The molecule has 0 saturated carbocycles. The first-order valence-corrected chi connectivity index (χ1v) is 6.13. The number of rotatable bonds is 4. The molecule has 0 amide bonds. The summed E-state index contributed by atoms with van der Waals surface area (Å²) in [5.74, 6) is 0. The molecule has 0 unspecified atom stereocenters. The molecule has 0 aromatic heterocycles. The van der Waals surface area contributed by atoms with Crippen LogP contribution in [0.25, 0.3) is 0 Å². The Hall–Kier alpha value is -1.58. The molecule has 4 nitrogen and oxygen atoms in total. The third-order valence-corrected chi connectivity index (χ3v) is 2.98. The molecule has 4 heteroatoms. The summed E-state index contributed by atoms with van der Waals surface area (Å²) in [5, 5.41) is 0. The van der Waals surface area contributed by atoms with Crippen LogP contribution in [0.4, 0.5) is 22.7 Å². The van der Waals surface area contributed by atoms with E-state index in [0.717, 1.165) is 0 Å². The van der Waals surface area contributed by atoms with E-state index in [9.17, 15) is 0 Å². The predicted molar refractivity (Wildman–Crippen MR) is 83.8 cm³/mol. The van der Waals surface area contributed by atoms with Crippen LogP contribution in [0.3, 0.4) is 0 Å². The van der Waals surface area contributed by atoms with E-state index >= 15 is 0 Å². The van der Waals surface area contributed by atoms with Crippen molar-refractivity contribution in [3.63, 3.8) is 0 Å². The van der Waals surface area contributed by atoms with E-state index in [1.807, 2.05) is 0 Å². The molecule has 18 heavy (non-hydrogen) atoms. The summed E-state index contributed by atoms with van der Waals surface area (Å²) < 4.78 is 0. The first-order chi connectivity index (χ1) is 8.25. The van der Waals surface area contributed by atoms with Crippen molar-refractivity contribution < 1.29 is 0 Å². The lowest BCUT2D eigenvalue weighted by Gasteiger charge is -2.30. The summed E-state index contributed by atoms with van der Waals surface area (Å²) in [5.41, 5.74) is 4.92. The van der Waals surface area contributed by atoms with Crippen molar-refractivity contribution >= 4 is 22.7 Å². The van der Waals surface area contributed by atoms with Crippen LogP contribution in [0.1, 0.15) is 0 Å². The van der Waals surface area contributed by atoms with Crippen LogP contribution >= 0.6 is 0 Å². The van der Waals surface area contributed by atoms with Crippen LogP contribution in [0.5, 0.6) is 0 Å². The molecule has 0 atom stereocenters. The maximum Gasteiger partial charge on any atom is 0.0837 e. The standard InChI is InChI=1S/C14H26N4/c1-15(2)11-9-12(16(3)4)14(18(7)8)13(10-11)17(5)6/h9-10H,1-8H3. The van der Waals surface area contributed by atoms with Crippen LogP contribution in [0, 0.1) is 0 Å². The summed E-state index contributed by atoms with van der Waals surface area (Å²) in [6.45, 7) is 0. The van der Waals surface area contributed by atoms with Crippen molar-refractivity contribution in [2.24, 2.45) is 0 Å². The Kier molecular flexibility index (Phi) is 4.33. The highest BCUT2D eigenvalue weighted by atomic mass is 15.2. The largest absolute Gasteiger partial charge is 0.378 e. The quantitative estimate of drug-likeness (QED) is 0.809. The SMILES string of the molecule is CN(C)c1cc(N(C)C)c(N(C)C)c(N(C)C)c1. The van der Waals surface area contributed by atoms with Crippen molar-refractivity contribution in [3.05, 3.63) is 12.1 Å². The van der Waals surface area contributed by atoms with Crippen LogP contribution < -0.4 is 19.6 Å². The molecule has 0 radical (unpaired) electrons. The normalized spacial score (nSPS) is 10.2. The molecular formula is C14H26N4. The van der Waals surface area contributed by atoms with Crippen molar-refractivity contribution in [1.29, 1.82) is 0 Å². The maximum absolute atomic E-state index is 2.22. The Labute approximate surface area is 111 Å². The second-order valence-corrected chi connectivity index (χ2v) is 5.41. The third-order valence-electron chi connectivity index (χ3n) is 2.98. The van der Waals surface area contributed by atoms with Gasteiger partial charge in [0.05, 0.1) is 17.1 Å². The van der Waals surface area contributed by atoms with Gasteiger partial charge in [-0.05, 0) is 12.1 Å². The molecule has 0 heterocycles. The number of hydrogen-bond acceptors (Lipinski definition) is 4. The second-order valence-electron chi connectivity index (χ2n) is 5.41. The fourth-order valence-corrected chi connectivity index (χ4v) is 1.99. The van der Waals surface area contributed by atoms with Gasteiger partial charge < -0.3 is 19.6 Å². The molecule has 0 fully saturated rings. The van der Waals surface area contributed by atoms with E-state index in [1.54, 1.807) is 0 Å². The number of nitrogens with zero attached hydrogens (tertiary/aromatic N) is 4. The highest BCUT2D eigenvalue weighted by Gasteiger charge is 2.16. The number of anilines is 4. The molecule has 102 valence electrons. The minimum absolute atomic E-state index is 1.22. The van der Waals surface area contributed by atoms with Crippen LogP contribution in [0.15, 0.2) is 12.1 Å². The van der Waals surface area contributed by atoms with Crippen LogP contribution in [-0.4, -0.2) is 56.4 Å². The lowest BCUT2D eigenvalue weighted by Crippen LogP contribution is -2.22. The number of hydrogen-bond donors (Lipinski definition) is 0. The van der Waals surface area contributed by atoms with Crippen molar-refractivity contribution in [1.82, 2.24) is 0 Å². The van der Waals surface area contributed by atoms with Gasteiger partial charge in [-0.3, -0.25) is 0 Å². The smallest absolute Gasteiger partial charge is 0.0837 e. The van der Waals surface area contributed by atoms with E-state index < -0.39 is 0 Å². The fraction of sp³-hybridized carbons (Fsp3) is 0.571. The zero-order chi connectivity index (χ0) is 14.0. The van der Waals surface area contributed by atoms with Gasteiger partial charge in [-0.2, -0.15) is 0 Å². The summed E-state index contributed by atoms with van der Waals surface area (Å²) >= 11 is 0. The zero-order valence-corrected chi connectivity index (χ0v) is 12.9. The van der Waals surface area contributed by atoms with Crippen molar-refractivity contribution in [2.75, 3.05) is 76.0 Å². The summed E-state index contributed by atoms with van der Waals surface area (Å²) in [6.07, 6.45) is 0. The topological polar surface area (TPSA) is 13.0 Å². The number of benzene rings is 1. The Morgan fingerprint density at radius 2 is 0.944 bits per heavy atom. The Morgan fingerprint density at radius 1 is 0.556 bits per heavy atom. The van der Waals surface area contributed by atoms with Crippen molar-refractivity contribution in [3.8, 4) is 0 Å². The zero-order valence-electron chi connectivity index (χ0n) is 12.9. The first-order valence-electron chi connectivity index (χ1n) is 6.13.